The first kappa shape index (κ1) is 27.3. The van der Waals surface area contributed by atoms with Crippen LogP contribution in [0.4, 0.5) is 0 Å². The van der Waals surface area contributed by atoms with Crippen molar-refractivity contribution in [2.45, 2.75) is 37.2 Å². The molecule has 2 aliphatic heterocycles. The Bertz CT molecular complexity index is 1300. The molecule has 0 saturated carbocycles. The summed E-state index contributed by atoms with van der Waals surface area (Å²) in [5.41, 5.74) is 0. The van der Waals surface area contributed by atoms with E-state index in [4.69, 9.17) is 16.3 Å². The zero-order valence-electron chi connectivity index (χ0n) is 20.9. The van der Waals surface area contributed by atoms with Crippen molar-refractivity contribution >= 4 is 50.1 Å². The van der Waals surface area contributed by atoms with Crippen molar-refractivity contribution < 1.29 is 27.5 Å². The number of hydrogen-bond acceptors (Lipinski definition) is 6. The first-order chi connectivity index (χ1) is 17.6. The lowest BCUT2D eigenvalue weighted by molar-refractivity contribution is -0.146. The molecule has 0 aliphatic carbocycles. The van der Waals surface area contributed by atoms with Crippen molar-refractivity contribution in [3.05, 3.63) is 41.4 Å². The van der Waals surface area contributed by atoms with Gasteiger partial charge in [0.25, 0.3) is 0 Å². The van der Waals surface area contributed by atoms with Gasteiger partial charge in [-0.2, -0.15) is 4.31 Å². The molecule has 0 bridgehead atoms. The minimum absolute atomic E-state index is 0.0360. The molecule has 4 rings (SSSR count). The van der Waals surface area contributed by atoms with Crippen LogP contribution in [0.15, 0.2) is 41.3 Å². The van der Waals surface area contributed by atoms with Crippen molar-refractivity contribution in [3.63, 3.8) is 0 Å². The number of nitrogens with one attached hydrogen (secondary N) is 1. The van der Waals surface area contributed by atoms with Crippen molar-refractivity contribution in [1.82, 2.24) is 19.4 Å². The van der Waals surface area contributed by atoms with Crippen LogP contribution >= 0.6 is 11.6 Å². The Morgan fingerprint density at radius 3 is 2.51 bits per heavy atom. The molecule has 0 spiro atoms. The van der Waals surface area contributed by atoms with Gasteiger partial charge in [-0.3, -0.25) is 14.4 Å². The topological polar surface area (TPSA) is 116 Å². The summed E-state index contributed by atoms with van der Waals surface area (Å²) in [5.74, 6) is -0.907. The summed E-state index contributed by atoms with van der Waals surface area (Å²) in [6.45, 7) is 5.03. The van der Waals surface area contributed by atoms with Crippen molar-refractivity contribution in [1.29, 1.82) is 0 Å². The zero-order valence-corrected chi connectivity index (χ0v) is 22.4. The second-order valence-electron chi connectivity index (χ2n) is 9.20. The van der Waals surface area contributed by atoms with E-state index in [2.05, 4.69) is 5.32 Å². The van der Waals surface area contributed by atoms with E-state index in [9.17, 15) is 22.8 Å². The zero-order chi connectivity index (χ0) is 26.7. The Kier molecular flexibility index (Phi) is 8.37. The summed E-state index contributed by atoms with van der Waals surface area (Å²) in [7, 11) is -4.12. The monoisotopic (exact) mass is 550 g/mol. The molecular weight excluding hydrogens is 520 g/mol. The Balaban J connectivity index is 1.60. The number of carbonyl (C=O) groups excluding carboxylic acids is 3. The molecule has 37 heavy (non-hydrogen) atoms. The molecule has 2 fully saturated rings. The molecule has 3 amide bonds. The van der Waals surface area contributed by atoms with Crippen LogP contribution in [0.2, 0.25) is 5.02 Å². The fourth-order valence-corrected chi connectivity index (χ4v) is 6.63. The fraction of sp³-hybridized carbons (Fsp3) is 0.480. The molecule has 10 nitrogen and oxygen atoms in total. The van der Waals surface area contributed by atoms with Gasteiger partial charge in [-0.25, -0.2) is 8.42 Å². The Morgan fingerprint density at radius 1 is 1.14 bits per heavy atom. The van der Waals surface area contributed by atoms with Gasteiger partial charge in [0.05, 0.1) is 18.1 Å². The Hall–Kier alpha value is -2.73. The number of morpholine rings is 1. The van der Waals surface area contributed by atoms with Gasteiger partial charge < -0.3 is 19.9 Å². The molecule has 2 aromatic rings. The van der Waals surface area contributed by atoms with E-state index in [1.54, 1.807) is 42.2 Å². The Morgan fingerprint density at radius 2 is 1.81 bits per heavy atom. The van der Waals surface area contributed by atoms with E-state index < -0.39 is 28.0 Å². The van der Waals surface area contributed by atoms with Crippen LogP contribution in [-0.2, 0) is 29.1 Å². The van der Waals surface area contributed by atoms with Gasteiger partial charge in [0.15, 0.2) is 0 Å². The maximum absolute atomic E-state index is 13.8. The Labute approximate surface area is 221 Å². The molecule has 200 valence electrons. The summed E-state index contributed by atoms with van der Waals surface area (Å²) >= 11 is 6.06. The van der Waals surface area contributed by atoms with Crippen molar-refractivity contribution in [2.75, 3.05) is 45.9 Å². The number of hydrogen-bond donors (Lipinski definition) is 1. The van der Waals surface area contributed by atoms with Crippen LogP contribution in [0.3, 0.4) is 0 Å². The third kappa shape index (κ3) is 5.90. The standard InChI is InChI=1S/C25H31ClN4O6S/c1-17(24(32)28-11-13-36-14-12-28)29-9-7-23(25(29)33)30(10-8-27-18(2)31)37(34,35)22-6-4-19-15-21(26)5-3-20(19)16-22/h3-6,15-17,23H,7-14H2,1-2H3,(H,27,31)/t17-,23?/m0/s1. The third-order valence-corrected chi connectivity index (χ3v) is 8.93. The van der Waals surface area contributed by atoms with Gasteiger partial charge in [-0.1, -0.05) is 23.7 Å². The molecule has 1 unspecified atom stereocenters. The molecule has 2 heterocycles. The molecular formula is C25H31ClN4O6S. The van der Waals surface area contributed by atoms with Gasteiger partial charge in [-0.05, 0) is 48.4 Å². The van der Waals surface area contributed by atoms with E-state index in [0.29, 0.717) is 36.7 Å². The van der Waals surface area contributed by atoms with E-state index in [1.165, 1.54) is 17.9 Å². The SMILES string of the molecule is CC(=O)NCCN(C1CCN([C@@H](C)C(=O)N2CCOCC2)C1=O)S(=O)(=O)c1ccc2cc(Cl)ccc2c1. The summed E-state index contributed by atoms with van der Waals surface area (Å²) < 4.78 is 34.1. The van der Waals surface area contributed by atoms with Crippen molar-refractivity contribution in [2.24, 2.45) is 0 Å². The number of nitrogens with zero attached hydrogens (tertiary/aromatic N) is 3. The molecule has 2 saturated heterocycles. The minimum Gasteiger partial charge on any atom is -0.378 e. The lowest BCUT2D eigenvalue weighted by Gasteiger charge is -2.33. The number of amides is 3. The van der Waals surface area contributed by atoms with Crippen LogP contribution in [-0.4, -0.2) is 98.3 Å². The average Bonchev–Trinajstić information content (AvgIpc) is 3.26. The highest BCUT2D eigenvalue weighted by atomic mass is 35.5. The van der Waals surface area contributed by atoms with E-state index in [1.807, 2.05) is 0 Å². The van der Waals surface area contributed by atoms with E-state index in [-0.39, 0.29) is 42.8 Å². The van der Waals surface area contributed by atoms with Crippen LogP contribution in [0.5, 0.6) is 0 Å². The highest BCUT2D eigenvalue weighted by Gasteiger charge is 2.44. The molecule has 2 aromatic carbocycles. The highest BCUT2D eigenvalue weighted by Crippen LogP contribution is 2.29. The first-order valence-corrected chi connectivity index (χ1v) is 14.0. The third-order valence-electron chi connectivity index (χ3n) is 6.79. The molecule has 0 aromatic heterocycles. The number of benzene rings is 2. The van der Waals surface area contributed by atoms with Crippen LogP contribution in [0.1, 0.15) is 20.3 Å². The first-order valence-electron chi connectivity index (χ1n) is 12.2. The quantitative estimate of drug-likeness (QED) is 0.532. The summed E-state index contributed by atoms with van der Waals surface area (Å²) in [6, 6.07) is 8.16. The number of ether oxygens (including phenoxy) is 1. The van der Waals surface area contributed by atoms with Gasteiger partial charge in [0.2, 0.25) is 27.7 Å². The maximum atomic E-state index is 13.8. The van der Waals surface area contributed by atoms with Gasteiger partial charge in [0.1, 0.15) is 12.1 Å². The second kappa shape index (κ2) is 11.3. The molecule has 1 N–H and O–H groups in total. The van der Waals surface area contributed by atoms with Crippen LogP contribution in [0, 0.1) is 0 Å². The number of carbonyl (C=O) groups is 3. The lowest BCUT2D eigenvalue weighted by Crippen LogP contribution is -2.53. The van der Waals surface area contributed by atoms with Crippen LogP contribution < -0.4 is 5.32 Å². The molecule has 0 radical (unpaired) electrons. The normalized spacial score (nSPS) is 19.5. The maximum Gasteiger partial charge on any atom is 0.245 e. The van der Waals surface area contributed by atoms with Gasteiger partial charge in [0, 0.05) is 44.7 Å². The van der Waals surface area contributed by atoms with Gasteiger partial charge >= 0.3 is 0 Å². The predicted molar refractivity (Wildman–Crippen MR) is 139 cm³/mol. The van der Waals surface area contributed by atoms with Gasteiger partial charge in [-0.15, -0.1) is 0 Å². The minimum atomic E-state index is -4.12. The van der Waals surface area contributed by atoms with E-state index in [0.717, 1.165) is 9.69 Å². The smallest absolute Gasteiger partial charge is 0.245 e. The highest BCUT2D eigenvalue weighted by molar-refractivity contribution is 7.89. The predicted octanol–water partition coefficient (Wildman–Crippen LogP) is 1.47. The van der Waals surface area contributed by atoms with Crippen LogP contribution in [0.25, 0.3) is 10.8 Å². The number of sulfonamides is 1. The molecule has 12 heteroatoms. The largest absolute Gasteiger partial charge is 0.378 e. The summed E-state index contributed by atoms with van der Waals surface area (Å²) in [4.78, 5) is 41.1. The number of rotatable bonds is 8. The summed E-state index contributed by atoms with van der Waals surface area (Å²) in [6.07, 6.45) is 0.238. The summed E-state index contributed by atoms with van der Waals surface area (Å²) in [5, 5.41) is 4.63. The average molecular weight is 551 g/mol. The number of halogens is 1. The number of fused-ring (bicyclic) bond motifs is 1. The van der Waals surface area contributed by atoms with Crippen molar-refractivity contribution in [3.8, 4) is 0 Å². The van der Waals surface area contributed by atoms with E-state index >= 15 is 0 Å². The fourth-order valence-electron chi connectivity index (χ4n) is 4.80. The number of likely N-dealkylation sites (tertiary alicyclic amines) is 1. The second-order valence-corrected chi connectivity index (χ2v) is 11.5. The molecule has 2 aliphatic rings. The molecule has 2 atom stereocenters. The lowest BCUT2D eigenvalue weighted by atomic mass is 10.1.